The van der Waals surface area contributed by atoms with Gasteiger partial charge >= 0.3 is 6.03 Å². The van der Waals surface area contributed by atoms with Crippen molar-refractivity contribution in [3.63, 3.8) is 0 Å². The van der Waals surface area contributed by atoms with Gasteiger partial charge < -0.3 is 10.1 Å². The van der Waals surface area contributed by atoms with Crippen LogP contribution in [0.5, 0.6) is 5.75 Å². The summed E-state index contributed by atoms with van der Waals surface area (Å²) in [6.07, 6.45) is 0. The number of urea groups is 1. The Labute approximate surface area is 158 Å². The lowest BCUT2D eigenvalue weighted by Gasteiger charge is -2.25. The molecule has 0 bridgehead atoms. The molecule has 1 atom stereocenters. The third-order valence-corrected chi connectivity index (χ3v) is 4.32. The number of ether oxygens (including phenoxy) is 1. The standard InChI is InChI=1S/C20H22N4O3/c1-4-27-17-12-10-15(11-13-17)21-20(26)22-18-14(2)23(3)24(19(18)25)16-8-6-5-7-9-16/h5-14H,4H2,1-3H3,(H,21,26). The highest BCUT2D eigenvalue weighted by Crippen LogP contribution is 2.24. The van der Waals surface area contributed by atoms with Gasteiger partial charge in [-0.25, -0.2) is 14.8 Å². The molecular weight excluding hydrogens is 344 g/mol. The van der Waals surface area contributed by atoms with E-state index in [9.17, 15) is 9.59 Å². The van der Waals surface area contributed by atoms with Gasteiger partial charge in [0.25, 0.3) is 5.91 Å². The monoisotopic (exact) mass is 366 g/mol. The van der Waals surface area contributed by atoms with Gasteiger partial charge in [-0.3, -0.25) is 4.79 Å². The second kappa shape index (κ2) is 8.01. The van der Waals surface area contributed by atoms with Crippen molar-refractivity contribution in [1.82, 2.24) is 5.01 Å². The first-order valence-electron chi connectivity index (χ1n) is 8.76. The van der Waals surface area contributed by atoms with E-state index >= 15 is 0 Å². The Morgan fingerprint density at radius 2 is 1.81 bits per heavy atom. The number of anilines is 2. The lowest BCUT2D eigenvalue weighted by atomic mass is 10.2. The number of benzene rings is 2. The molecule has 27 heavy (non-hydrogen) atoms. The quantitative estimate of drug-likeness (QED) is 0.901. The Morgan fingerprint density at radius 3 is 2.44 bits per heavy atom. The van der Waals surface area contributed by atoms with Crippen molar-refractivity contribution >= 4 is 29.0 Å². The average molecular weight is 366 g/mol. The molecule has 3 amide bonds. The predicted molar refractivity (Wildman–Crippen MR) is 105 cm³/mol. The fourth-order valence-corrected chi connectivity index (χ4v) is 2.85. The maximum absolute atomic E-state index is 12.8. The van der Waals surface area contributed by atoms with Crippen LogP contribution in [0.15, 0.2) is 59.6 Å². The molecule has 3 rings (SSSR count). The number of aliphatic imine (C=N–C) groups is 1. The molecule has 7 nitrogen and oxygen atoms in total. The number of carbonyl (C=O) groups excluding carboxylic acids is 2. The highest BCUT2D eigenvalue weighted by molar-refractivity contribution is 6.48. The molecule has 1 aliphatic rings. The molecule has 1 aliphatic heterocycles. The summed E-state index contributed by atoms with van der Waals surface area (Å²) in [6.45, 7) is 4.32. The van der Waals surface area contributed by atoms with Crippen LogP contribution in [0, 0.1) is 0 Å². The fourth-order valence-electron chi connectivity index (χ4n) is 2.85. The number of hydrogen-bond donors (Lipinski definition) is 1. The summed E-state index contributed by atoms with van der Waals surface area (Å²) in [5.74, 6) is 0.416. The second-order valence-corrected chi connectivity index (χ2v) is 6.09. The summed E-state index contributed by atoms with van der Waals surface area (Å²) in [5.41, 5.74) is 1.51. The van der Waals surface area contributed by atoms with Gasteiger partial charge in [0.2, 0.25) is 0 Å². The Hall–Kier alpha value is -3.19. The van der Waals surface area contributed by atoms with E-state index < -0.39 is 6.03 Å². The normalized spacial score (nSPS) is 18.8. The van der Waals surface area contributed by atoms with Gasteiger partial charge in [0, 0.05) is 12.7 Å². The largest absolute Gasteiger partial charge is 0.494 e. The van der Waals surface area contributed by atoms with Gasteiger partial charge in [-0.1, -0.05) is 18.2 Å². The van der Waals surface area contributed by atoms with Crippen molar-refractivity contribution in [2.24, 2.45) is 4.99 Å². The Kier molecular flexibility index (Phi) is 5.52. The van der Waals surface area contributed by atoms with Crippen molar-refractivity contribution in [3.05, 3.63) is 54.6 Å². The number of hydrazine groups is 1. The third kappa shape index (κ3) is 3.98. The number of hydrogen-bond acceptors (Lipinski definition) is 4. The topological polar surface area (TPSA) is 74.2 Å². The Bertz CT molecular complexity index is 849. The molecule has 0 aromatic heterocycles. The SMILES string of the molecule is CCOc1ccc(NC(=O)N=C2C(=O)N(c3ccccc3)N(C)C2C)cc1. The highest BCUT2D eigenvalue weighted by atomic mass is 16.5. The van der Waals surface area contributed by atoms with Crippen LogP contribution in [0.4, 0.5) is 16.2 Å². The maximum atomic E-state index is 12.8. The number of nitrogens with zero attached hydrogens (tertiary/aromatic N) is 3. The van der Waals surface area contributed by atoms with E-state index in [0.717, 1.165) is 11.4 Å². The van der Waals surface area contributed by atoms with E-state index in [4.69, 9.17) is 4.74 Å². The van der Waals surface area contributed by atoms with E-state index in [1.165, 1.54) is 5.01 Å². The summed E-state index contributed by atoms with van der Waals surface area (Å²) >= 11 is 0. The van der Waals surface area contributed by atoms with E-state index in [-0.39, 0.29) is 17.7 Å². The van der Waals surface area contributed by atoms with Gasteiger partial charge in [-0.2, -0.15) is 4.99 Å². The van der Waals surface area contributed by atoms with Gasteiger partial charge in [-0.05, 0) is 50.2 Å². The van der Waals surface area contributed by atoms with Crippen LogP contribution in [-0.4, -0.2) is 42.4 Å². The van der Waals surface area contributed by atoms with Crippen LogP contribution >= 0.6 is 0 Å². The molecule has 2 aromatic carbocycles. The van der Waals surface area contributed by atoms with Crippen LogP contribution in [-0.2, 0) is 4.79 Å². The van der Waals surface area contributed by atoms with Crippen LogP contribution in [0.3, 0.4) is 0 Å². The number of amides is 3. The molecular formula is C20H22N4O3. The van der Waals surface area contributed by atoms with Gasteiger partial charge in [0.15, 0.2) is 0 Å². The number of nitrogens with one attached hydrogen (secondary N) is 1. The lowest BCUT2D eigenvalue weighted by Crippen LogP contribution is -2.38. The Balaban J connectivity index is 1.75. The summed E-state index contributed by atoms with van der Waals surface area (Å²) in [4.78, 5) is 29.1. The molecule has 1 heterocycles. The van der Waals surface area contributed by atoms with Crippen molar-refractivity contribution in [1.29, 1.82) is 0 Å². The zero-order valence-corrected chi connectivity index (χ0v) is 15.5. The average Bonchev–Trinajstić information content (AvgIpc) is 2.87. The van der Waals surface area contributed by atoms with Gasteiger partial charge in [0.05, 0.1) is 18.3 Å². The first-order valence-corrected chi connectivity index (χ1v) is 8.76. The molecule has 0 radical (unpaired) electrons. The number of carbonyl (C=O) groups is 2. The van der Waals surface area contributed by atoms with Gasteiger partial charge in [0.1, 0.15) is 11.5 Å². The molecule has 0 aliphatic carbocycles. The van der Waals surface area contributed by atoms with E-state index in [2.05, 4.69) is 10.3 Å². The third-order valence-electron chi connectivity index (χ3n) is 4.32. The molecule has 140 valence electrons. The first kappa shape index (κ1) is 18.6. The van der Waals surface area contributed by atoms with Crippen molar-refractivity contribution < 1.29 is 14.3 Å². The van der Waals surface area contributed by atoms with Crippen LogP contribution in [0.25, 0.3) is 0 Å². The fraction of sp³-hybridized carbons (Fsp3) is 0.250. The minimum Gasteiger partial charge on any atom is -0.494 e. The minimum absolute atomic E-state index is 0.199. The van der Waals surface area contributed by atoms with E-state index in [1.807, 2.05) is 44.2 Å². The zero-order valence-electron chi connectivity index (χ0n) is 15.5. The van der Waals surface area contributed by atoms with Crippen LogP contribution in [0.1, 0.15) is 13.8 Å². The number of para-hydroxylation sites is 1. The smallest absolute Gasteiger partial charge is 0.345 e. The van der Waals surface area contributed by atoms with E-state index in [0.29, 0.717) is 12.3 Å². The second-order valence-electron chi connectivity index (χ2n) is 6.09. The molecule has 1 unspecified atom stereocenters. The van der Waals surface area contributed by atoms with Crippen molar-refractivity contribution in [3.8, 4) is 5.75 Å². The summed E-state index contributed by atoms with van der Waals surface area (Å²) in [7, 11) is 1.79. The lowest BCUT2D eigenvalue weighted by molar-refractivity contribution is -0.113. The highest BCUT2D eigenvalue weighted by Gasteiger charge is 2.40. The zero-order chi connectivity index (χ0) is 19.4. The molecule has 0 spiro atoms. The summed E-state index contributed by atoms with van der Waals surface area (Å²) in [5, 5.41) is 5.96. The molecule has 2 aromatic rings. The molecule has 1 N–H and O–H groups in total. The summed E-state index contributed by atoms with van der Waals surface area (Å²) < 4.78 is 5.37. The first-order chi connectivity index (χ1) is 13.0. The minimum atomic E-state index is -0.585. The summed E-state index contributed by atoms with van der Waals surface area (Å²) in [6, 6.07) is 15.4. The molecule has 0 saturated carbocycles. The van der Waals surface area contributed by atoms with E-state index in [1.54, 1.807) is 36.3 Å². The Morgan fingerprint density at radius 1 is 1.15 bits per heavy atom. The maximum Gasteiger partial charge on any atom is 0.345 e. The van der Waals surface area contributed by atoms with Gasteiger partial charge in [-0.15, -0.1) is 0 Å². The number of rotatable bonds is 4. The molecule has 1 fully saturated rings. The predicted octanol–water partition coefficient (Wildman–Crippen LogP) is 3.34. The molecule has 1 saturated heterocycles. The van der Waals surface area contributed by atoms with Crippen molar-refractivity contribution in [2.75, 3.05) is 24.0 Å². The van der Waals surface area contributed by atoms with Crippen LogP contribution in [0.2, 0.25) is 0 Å². The van der Waals surface area contributed by atoms with Crippen LogP contribution < -0.4 is 15.1 Å². The van der Waals surface area contributed by atoms with Crippen molar-refractivity contribution in [2.45, 2.75) is 19.9 Å². The molecule has 7 heteroatoms.